The van der Waals surface area contributed by atoms with E-state index in [0.717, 1.165) is 0 Å². The van der Waals surface area contributed by atoms with Crippen LogP contribution in [0.3, 0.4) is 0 Å². The number of ether oxygens (including phenoxy) is 3. The van der Waals surface area contributed by atoms with Gasteiger partial charge in [0.2, 0.25) is 0 Å². The molecule has 1 amide bonds. The minimum Gasteiger partial charge on any atom is -0.495 e. The molecule has 2 unspecified atom stereocenters. The van der Waals surface area contributed by atoms with E-state index in [2.05, 4.69) is 4.98 Å². The summed E-state index contributed by atoms with van der Waals surface area (Å²) in [6.45, 7) is 6.27. The number of hydrogen-bond acceptors (Lipinski definition) is 6. The van der Waals surface area contributed by atoms with Crippen LogP contribution in [0, 0.1) is 0 Å². The predicted octanol–water partition coefficient (Wildman–Crippen LogP) is 2.08. The van der Waals surface area contributed by atoms with Crippen molar-refractivity contribution in [2.75, 3.05) is 20.3 Å². The third-order valence-corrected chi connectivity index (χ3v) is 4.59. The molecule has 3 heterocycles. The van der Waals surface area contributed by atoms with E-state index in [0.29, 0.717) is 37.5 Å². The topological polar surface area (TPSA) is 81.1 Å². The first kappa shape index (κ1) is 17.9. The lowest BCUT2D eigenvalue weighted by Crippen LogP contribution is -2.63. The normalized spacial score (nSPS) is 29.2. The fourth-order valence-electron chi connectivity index (χ4n) is 3.69. The van der Waals surface area contributed by atoms with Crippen molar-refractivity contribution >= 4 is 6.09 Å². The summed E-state index contributed by atoms with van der Waals surface area (Å²) in [6, 6.07) is 3.02. The van der Waals surface area contributed by atoms with E-state index in [9.17, 15) is 9.90 Å². The molecule has 1 aromatic heterocycles. The highest BCUT2D eigenvalue weighted by atomic mass is 16.6. The number of aliphatic hydroxyl groups is 1. The van der Waals surface area contributed by atoms with Gasteiger partial charge < -0.3 is 19.3 Å². The molecular formula is C18H26N2O5. The van der Waals surface area contributed by atoms with E-state index in [1.54, 1.807) is 30.3 Å². The van der Waals surface area contributed by atoms with Gasteiger partial charge in [0.25, 0.3) is 0 Å². The van der Waals surface area contributed by atoms with Gasteiger partial charge in [0, 0.05) is 19.0 Å². The van der Waals surface area contributed by atoms with Gasteiger partial charge in [0.05, 0.1) is 32.4 Å². The summed E-state index contributed by atoms with van der Waals surface area (Å²) in [4.78, 5) is 18.7. The van der Waals surface area contributed by atoms with Crippen LogP contribution < -0.4 is 4.74 Å². The van der Waals surface area contributed by atoms with Gasteiger partial charge in [0.1, 0.15) is 22.6 Å². The molecule has 7 heteroatoms. The van der Waals surface area contributed by atoms with Crippen molar-refractivity contribution in [2.24, 2.45) is 0 Å². The van der Waals surface area contributed by atoms with Crippen LogP contribution in [0.4, 0.5) is 4.79 Å². The highest BCUT2D eigenvalue weighted by Crippen LogP contribution is 2.43. The van der Waals surface area contributed by atoms with Crippen LogP contribution in [0.2, 0.25) is 0 Å². The zero-order valence-electron chi connectivity index (χ0n) is 15.2. The standard InChI is InChI=1S/C18H26N2O5/c1-17(2,3)25-16(21)20-12-8-18(22,9-13(20)11-24-10-12)15-14(23-4)6-5-7-19-15/h5-7,12-13,22H,8-11H2,1-4H3. The summed E-state index contributed by atoms with van der Waals surface area (Å²) in [5.74, 6) is 0.551. The van der Waals surface area contributed by atoms with Crippen LogP contribution in [0.25, 0.3) is 0 Å². The van der Waals surface area contributed by atoms with Gasteiger partial charge in [-0.1, -0.05) is 0 Å². The Hall–Kier alpha value is -1.86. The van der Waals surface area contributed by atoms with Crippen molar-refractivity contribution in [1.82, 2.24) is 9.88 Å². The summed E-state index contributed by atoms with van der Waals surface area (Å²) >= 11 is 0. The number of rotatable bonds is 2. The lowest BCUT2D eigenvalue weighted by molar-refractivity contribution is -0.143. The fraction of sp³-hybridized carbons (Fsp3) is 0.667. The van der Waals surface area contributed by atoms with Crippen molar-refractivity contribution < 1.29 is 24.1 Å². The fourth-order valence-corrected chi connectivity index (χ4v) is 3.69. The molecule has 2 aliphatic rings. The van der Waals surface area contributed by atoms with Gasteiger partial charge in [0.15, 0.2) is 0 Å². The molecule has 3 rings (SSSR count). The first-order valence-electron chi connectivity index (χ1n) is 8.54. The van der Waals surface area contributed by atoms with E-state index in [4.69, 9.17) is 14.2 Å². The maximum atomic E-state index is 12.6. The zero-order valence-corrected chi connectivity index (χ0v) is 15.2. The average Bonchev–Trinajstić information content (AvgIpc) is 2.52. The third-order valence-electron chi connectivity index (χ3n) is 4.59. The second-order valence-corrected chi connectivity index (χ2v) is 7.73. The largest absolute Gasteiger partial charge is 0.495 e. The Bertz CT molecular complexity index is 629. The molecular weight excluding hydrogens is 324 g/mol. The van der Waals surface area contributed by atoms with Gasteiger partial charge in [-0.2, -0.15) is 0 Å². The molecule has 0 aliphatic carbocycles. The maximum Gasteiger partial charge on any atom is 0.410 e. The van der Waals surface area contributed by atoms with Crippen LogP contribution >= 0.6 is 0 Å². The molecule has 2 fully saturated rings. The van der Waals surface area contributed by atoms with Crippen LogP contribution in [0.5, 0.6) is 5.75 Å². The van der Waals surface area contributed by atoms with Crippen LogP contribution in [-0.4, -0.2) is 59.1 Å². The Morgan fingerprint density at radius 1 is 1.36 bits per heavy atom. The molecule has 0 aromatic carbocycles. The third kappa shape index (κ3) is 3.57. The van der Waals surface area contributed by atoms with Gasteiger partial charge in [-0.15, -0.1) is 0 Å². The molecule has 0 saturated carbocycles. The van der Waals surface area contributed by atoms with E-state index in [-0.39, 0.29) is 18.2 Å². The van der Waals surface area contributed by atoms with Crippen LogP contribution in [0.1, 0.15) is 39.3 Å². The van der Waals surface area contributed by atoms with Crippen molar-refractivity contribution in [3.8, 4) is 5.75 Å². The molecule has 0 radical (unpaired) electrons. The number of methoxy groups -OCH3 is 1. The number of carbonyl (C=O) groups is 1. The number of aromatic nitrogens is 1. The maximum absolute atomic E-state index is 12.6. The van der Waals surface area contributed by atoms with Gasteiger partial charge in [-0.25, -0.2) is 4.79 Å². The van der Waals surface area contributed by atoms with Crippen molar-refractivity contribution in [1.29, 1.82) is 0 Å². The van der Waals surface area contributed by atoms with Gasteiger partial charge in [-0.05, 0) is 32.9 Å². The number of fused-ring (bicyclic) bond motifs is 2. The molecule has 25 heavy (non-hydrogen) atoms. The van der Waals surface area contributed by atoms with Crippen molar-refractivity contribution in [3.05, 3.63) is 24.0 Å². The lowest BCUT2D eigenvalue weighted by Gasteiger charge is -2.51. The molecule has 2 aliphatic heterocycles. The van der Waals surface area contributed by atoms with E-state index < -0.39 is 11.2 Å². The second-order valence-electron chi connectivity index (χ2n) is 7.73. The number of amides is 1. The van der Waals surface area contributed by atoms with Gasteiger partial charge in [-0.3, -0.25) is 9.88 Å². The molecule has 0 spiro atoms. The second kappa shape index (κ2) is 6.46. The van der Waals surface area contributed by atoms with E-state index in [1.165, 1.54) is 0 Å². The molecule has 1 aromatic rings. The zero-order chi connectivity index (χ0) is 18.2. The first-order chi connectivity index (χ1) is 11.7. The monoisotopic (exact) mass is 350 g/mol. The predicted molar refractivity (Wildman–Crippen MR) is 90.4 cm³/mol. The first-order valence-corrected chi connectivity index (χ1v) is 8.54. The Balaban J connectivity index is 1.87. The van der Waals surface area contributed by atoms with Crippen molar-refractivity contribution in [2.45, 2.75) is 56.9 Å². The summed E-state index contributed by atoms with van der Waals surface area (Å²) in [5.41, 5.74) is -1.22. The average molecular weight is 350 g/mol. The Kier molecular flexibility index (Phi) is 4.64. The number of hydrogen-bond donors (Lipinski definition) is 1. The quantitative estimate of drug-likeness (QED) is 0.879. The molecule has 2 bridgehead atoms. The minimum absolute atomic E-state index is 0.265. The Morgan fingerprint density at radius 3 is 2.56 bits per heavy atom. The highest BCUT2D eigenvalue weighted by Gasteiger charge is 2.51. The molecule has 2 atom stereocenters. The Labute approximate surface area is 147 Å². The molecule has 138 valence electrons. The summed E-state index contributed by atoms with van der Waals surface area (Å²) in [7, 11) is 1.56. The number of nitrogens with zero attached hydrogens (tertiary/aromatic N) is 2. The highest BCUT2D eigenvalue weighted by molar-refractivity contribution is 5.69. The van der Waals surface area contributed by atoms with E-state index >= 15 is 0 Å². The number of carbonyl (C=O) groups excluding carboxylic acids is 1. The smallest absolute Gasteiger partial charge is 0.410 e. The summed E-state index contributed by atoms with van der Waals surface area (Å²) in [5, 5.41) is 11.3. The lowest BCUT2D eigenvalue weighted by atomic mass is 9.78. The summed E-state index contributed by atoms with van der Waals surface area (Å²) in [6.07, 6.45) is 1.94. The molecule has 1 N–H and O–H groups in total. The molecule has 2 saturated heterocycles. The number of morpholine rings is 1. The number of piperidine rings is 1. The minimum atomic E-state index is -1.16. The van der Waals surface area contributed by atoms with E-state index in [1.807, 2.05) is 20.8 Å². The Morgan fingerprint density at radius 2 is 2.00 bits per heavy atom. The van der Waals surface area contributed by atoms with Gasteiger partial charge >= 0.3 is 6.09 Å². The molecule has 7 nitrogen and oxygen atoms in total. The summed E-state index contributed by atoms with van der Waals surface area (Å²) < 4.78 is 16.5. The van der Waals surface area contributed by atoms with Crippen molar-refractivity contribution in [3.63, 3.8) is 0 Å². The SMILES string of the molecule is COc1cccnc1C1(O)CC2COCC(C1)N2C(=O)OC(C)(C)C. The van der Waals surface area contributed by atoms with Crippen LogP contribution in [-0.2, 0) is 15.1 Å². The number of pyridine rings is 1. The van der Waals surface area contributed by atoms with Crippen LogP contribution in [0.15, 0.2) is 18.3 Å².